The van der Waals surface area contributed by atoms with E-state index in [0.717, 1.165) is 6.07 Å². The number of nitrogens with zero attached hydrogens (tertiary/aromatic N) is 4. The van der Waals surface area contributed by atoms with Gasteiger partial charge in [0, 0.05) is 25.5 Å². The van der Waals surface area contributed by atoms with E-state index in [0.29, 0.717) is 0 Å². The number of alkyl halides is 2. The van der Waals surface area contributed by atoms with Crippen molar-refractivity contribution in [2.45, 2.75) is 19.4 Å². The summed E-state index contributed by atoms with van der Waals surface area (Å²) in [5.41, 5.74) is 0.0813. The fraction of sp³-hybridized carbons (Fsp3) is 0.286. The Morgan fingerprint density at radius 3 is 2.45 bits per heavy atom. The van der Waals surface area contributed by atoms with Crippen molar-refractivity contribution in [3.8, 4) is 6.07 Å². The van der Waals surface area contributed by atoms with Gasteiger partial charge in [-0.25, -0.2) is 36.2 Å². The molecule has 232 valence electrons. The summed E-state index contributed by atoms with van der Waals surface area (Å²) in [6, 6.07) is 11.2. The minimum Gasteiger partial charge on any atom is -0.462 e. The van der Waals surface area contributed by atoms with Crippen LogP contribution >= 0.6 is 0 Å². The Bertz CT molecular complexity index is 1650. The van der Waals surface area contributed by atoms with Gasteiger partial charge < -0.3 is 14.4 Å². The van der Waals surface area contributed by atoms with Gasteiger partial charge in [-0.15, -0.1) is 0 Å². The van der Waals surface area contributed by atoms with Gasteiger partial charge in [0.1, 0.15) is 24.4 Å². The number of nitrogens with one attached hydrogen (secondary N) is 1. The molecule has 1 aliphatic rings. The van der Waals surface area contributed by atoms with Gasteiger partial charge in [0.15, 0.2) is 0 Å². The number of halogens is 3. The van der Waals surface area contributed by atoms with Crippen molar-refractivity contribution in [3.05, 3.63) is 88.6 Å². The van der Waals surface area contributed by atoms with E-state index in [9.17, 15) is 41.2 Å². The van der Waals surface area contributed by atoms with Gasteiger partial charge >= 0.3 is 11.9 Å². The second-order valence-electron chi connectivity index (χ2n) is 9.06. The van der Waals surface area contributed by atoms with Crippen LogP contribution in [-0.2, 0) is 36.7 Å². The van der Waals surface area contributed by atoms with Crippen molar-refractivity contribution in [1.82, 2.24) is 14.7 Å². The predicted molar refractivity (Wildman–Crippen MR) is 148 cm³/mol. The number of aromatic nitrogens is 2. The molecule has 44 heavy (non-hydrogen) atoms. The molecule has 1 saturated heterocycles. The molecule has 0 aliphatic carbocycles. The molecule has 1 fully saturated rings. The van der Waals surface area contributed by atoms with E-state index in [-0.39, 0.29) is 53.5 Å². The Balaban J connectivity index is 0.000000404. The third-order valence-electron chi connectivity index (χ3n) is 5.96. The van der Waals surface area contributed by atoms with Crippen LogP contribution in [0.1, 0.15) is 44.5 Å². The maximum absolute atomic E-state index is 13.5. The number of amides is 1. The van der Waals surface area contributed by atoms with Crippen molar-refractivity contribution in [2.75, 3.05) is 31.5 Å². The first kappa shape index (κ1) is 33.5. The molecule has 12 nitrogen and oxygen atoms in total. The van der Waals surface area contributed by atoms with E-state index in [2.05, 4.69) is 14.7 Å². The number of carbonyl (C=O) groups excluding carboxylic acids is 3. The topological polar surface area (TPSA) is 169 Å². The molecule has 0 bridgehead atoms. The van der Waals surface area contributed by atoms with Crippen LogP contribution in [-0.4, -0.2) is 62.8 Å². The van der Waals surface area contributed by atoms with Crippen LogP contribution in [0.15, 0.2) is 54.9 Å². The van der Waals surface area contributed by atoms with Gasteiger partial charge in [-0.2, -0.15) is 5.26 Å². The monoisotopic (exact) mass is 633 g/mol. The van der Waals surface area contributed by atoms with Crippen LogP contribution in [0, 0.1) is 23.1 Å². The molecule has 0 radical (unpaired) electrons. The zero-order chi connectivity index (χ0) is 32.3. The van der Waals surface area contributed by atoms with Gasteiger partial charge in [-0.3, -0.25) is 14.5 Å². The SMILES string of the molecule is CCOC(=O)c1cc(C#N)c(N2CC(C(=O)NS(=O)(=O)Cc3cccc(F)c3)C2)nc1CF.O=C(OCF)c1cccnc1. The van der Waals surface area contributed by atoms with E-state index in [1.54, 1.807) is 13.0 Å². The molecular formula is C28H26F3N5O7S. The van der Waals surface area contributed by atoms with Crippen LogP contribution in [0.5, 0.6) is 0 Å². The van der Waals surface area contributed by atoms with Crippen molar-refractivity contribution in [1.29, 1.82) is 5.26 Å². The summed E-state index contributed by atoms with van der Waals surface area (Å²) in [5.74, 6) is -4.04. The molecule has 1 aromatic carbocycles. The fourth-order valence-electron chi connectivity index (χ4n) is 3.90. The Morgan fingerprint density at radius 2 is 1.86 bits per heavy atom. The van der Waals surface area contributed by atoms with Gasteiger partial charge in [-0.1, -0.05) is 12.1 Å². The summed E-state index contributed by atoms with van der Waals surface area (Å²) in [5, 5.41) is 9.43. The first-order chi connectivity index (χ1) is 21.0. The number of sulfonamides is 1. The minimum absolute atomic E-state index is 0.00663. The fourth-order valence-corrected chi connectivity index (χ4v) is 5.07. The summed E-state index contributed by atoms with van der Waals surface area (Å²) in [6.07, 6.45) is 2.84. The number of pyridine rings is 2. The Labute approximate surface area is 250 Å². The number of ether oxygens (including phenoxy) is 2. The predicted octanol–water partition coefficient (Wildman–Crippen LogP) is 2.99. The largest absolute Gasteiger partial charge is 0.462 e. The Hall–Kier alpha value is -5.04. The lowest BCUT2D eigenvalue weighted by atomic mass is 9.98. The van der Waals surface area contributed by atoms with Crippen LogP contribution in [0.3, 0.4) is 0 Å². The Morgan fingerprint density at radius 1 is 1.11 bits per heavy atom. The molecule has 4 rings (SSSR count). The maximum atomic E-state index is 13.5. The average molecular weight is 634 g/mol. The number of benzene rings is 1. The van der Waals surface area contributed by atoms with E-state index in [1.807, 2.05) is 10.8 Å². The molecular weight excluding hydrogens is 607 g/mol. The first-order valence-corrected chi connectivity index (χ1v) is 14.5. The number of hydrogen-bond donors (Lipinski definition) is 1. The van der Waals surface area contributed by atoms with Crippen molar-refractivity contribution in [3.63, 3.8) is 0 Å². The molecule has 1 aliphatic heterocycles. The van der Waals surface area contributed by atoms with Crippen LogP contribution in [0.2, 0.25) is 0 Å². The number of rotatable bonds is 10. The van der Waals surface area contributed by atoms with E-state index in [4.69, 9.17) is 4.74 Å². The summed E-state index contributed by atoms with van der Waals surface area (Å²) in [7, 11) is -4.05. The minimum atomic E-state index is -4.05. The quantitative estimate of drug-likeness (QED) is 0.326. The van der Waals surface area contributed by atoms with Crippen LogP contribution < -0.4 is 9.62 Å². The zero-order valence-corrected chi connectivity index (χ0v) is 24.0. The van der Waals surface area contributed by atoms with Gasteiger partial charge in [0.05, 0.1) is 40.7 Å². The highest BCUT2D eigenvalue weighted by molar-refractivity contribution is 7.89. The van der Waals surface area contributed by atoms with Crippen molar-refractivity contribution < 1.29 is 45.4 Å². The summed E-state index contributed by atoms with van der Waals surface area (Å²) in [6.45, 7) is -0.444. The first-order valence-electron chi connectivity index (χ1n) is 12.9. The van der Waals surface area contributed by atoms with Gasteiger partial charge in [-0.05, 0) is 42.8 Å². The number of anilines is 1. The second-order valence-corrected chi connectivity index (χ2v) is 10.8. The summed E-state index contributed by atoms with van der Waals surface area (Å²) in [4.78, 5) is 44.3. The molecule has 0 unspecified atom stereocenters. The molecule has 0 saturated carbocycles. The highest BCUT2D eigenvalue weighted by Crippen LogP contribution is 2.29. The number of hydrogen-bond acceptors (Lipinski definition) is 11. The van der Waals surface area contributed by atoms with E-state index in [1.165, 1.54) is 47.6 Å². The molecule has 1 N–H and O–H groups in total. The molecule has 3 heterocycles. The molecule has 3 aromatic rings. The van der Waals surface area contributed by atoms with Crippen LogP contribution in [0.4, 0.5) is 19.0 Å². The lowest BCUT2D eigenvalue weighted by molar-refractivity contribution is -0.123. The van der Waals surface area contributed by atoms with E-state index < -0.39 is 58.9 Å². The molecule has 1 amide bonds. The number of nitriles is 1. The Kier molecular flexibility index (Phi) is 11.7. The summed E-state index contributed by atoms with van der Waals surface area (Å²) < 4.78 is 73.6. The summed E-state index contributed by atoms with van der Waals surface area (Å²) >= 11 is 0. The smallest absolute Gasteiger partial charge is 0.342 e. The lowest BCUT2D eigenvalue weighted by Gasteiger charge is -2.39. The number of carbonyl (C=O) groups is 3. The maximum Gasteiger partial charge on any atom is 0.342 e. The zero-order valence-electron chi connectivity index (χ0n) is 23.2. The van der Waals surface area contributed by atoms with Gasteiger partial charge in [0.25, 0.3) is 0 Å². The normalized spacial score (nSPS) is 12.6. The highest BCUT2D eigenvalue weighted by atomic mass is 32.2. The molecule has 0 spiro atoms. The average Bonchev–Trinajstić information content (AvgIpc) is 2.96. The lowest BCUT2D eigenvalue weighted by Crippen LogP contribution is -2.55. The molecule has 16 heteroatoms. The van der Waals surface area contributed by atoms with E-state index >= 15 is 0 Å². The van der Waals surface area contributed by atoms with Crippen molar-refractivity contribution >= 4 is 33.7 Å². The van der Waals surface area contributed by atoms with Crippen LogP contribution in [0.25, 0.3) is 0 Å². The molecule has 2 aromatic heterocycles. The standard InChI is InChI=1S/C21H20F2N4O5S.C7H6FNO2/c1-2-32-21(29)17-7-14(9-24)19(25-18(17)8-22)27-10-15(11-27)20(28)26-33(30,31)12-13-4-3-5-16(23)6-13;8-5-11-7(10)6-2-1-3-9-4-6/h3-7,15H,2,8,10-12H2,1H3,(H,26,28);1-4H,5H2. The molecule has 0 atom stereocenters. The number of esters is 2. The van der Waals surface area contributed by atoms with Crippen molar-refractivity contribution in [2.24, 2.45) is 5.92 Å². The second kappa shape index (κ2) is 15.4. The third-order valence-corrected chi connectivity index (χ3v) is 7.19. The highest BCUT2D eigenvalue weighted by Gasteiger charge is 2.37. The third kappa shape index (κ3) is 8.98. The van der Waals surface area contributed by atoms with Gasteiger partial charge in [0.2, 0.25) is 22.8 Å².